The van der Waals surface area contributed by atoms with Gasteiger partial charge in [-0.3, -0.25) is 10.1 Å². The first-order valence-electron chi connectivity index (χ1n) is 9.40. The number of rotatable bonds is 4. The largest absolute Gasteiger partial charge is 0.365 e. The molecule has 0 N–H and O–H groups in total. The maximum Gasteiger partial charge on any atom is 0.293 e. The number of hydrogen-bond acceptors (Lipinski definition) is 6. The van der Waals surface area contributed by atoms with Crippen LogP contribution in [0.3, 0.4) is 0 Å². The Morgan fingerprint density at radius 1 is 1.15 bits per heavy atom. The van der Waals surface area contributed by atoms with Crippen LogP contribution >= 0.6 is 11.8 Å². The van der Waals surface area contributed by atoms with Crippen molar-refractivity contribution in [3.8, 4) is 0 Å². The van der Waals surface area contributed by atoms with Crippen molar-refractivity contribution in [2.24, 2.45) is 11.8 Å². The summed E-state index contributed by atoms with van der Waals surface area (Å²) in [6.07, 6.45) is 1.96. The summed E-state index contributed by atoms with van der Waals surface area (Å²) in [5.41, 5.74) is 0.392. The molecule has 0 bridgehead atoms. The molecule has 2 atom stereocenters. The van der Waals surface area contributed by atoms with Crippen molar-refractivity contribution in [1.82, 2.24) is 4.31 Å². The average Bonchev–Trinajstić information content (AvgIpc) is 2.89. The number of nitro groups is 1. The van der Waals surface area contributed by atoms with Crippen LogP contribution in [0.25, 0.3) is 0 Å². The van der Waals surface area contributed by atoms with E-state index in [1.54, 1.807) is 6.07 Å². The number of nitro benzene ring substituents is 1. The zero-order chi connectivity index (χ0) is 19.6. The molecule has 2 aliphatic heterocycles. The van der Waals surface area contributed by atoms with Crippen LogP contribution in [0.15, 0.2) is 23.1 Å². The number of nitrogens with zero attached hydrogens (tertiary/aromatic N) is 3. The molecule has 1 aromatic carbocycles. The molecule has 1 aromatic rings. The number of sulfonamides is 1. The third-order valence-electron chi connectivity index (χ3n) is 5.18. The quantitative estimate of drug-likeness (QED) is 0.557. The molecular formula is C18H27N3O4S2. The van der Waals surface area contributed by atoms with Crippen LogP contribution in [-0.4, -0.2) is 55.3 Å². The maximum absolute atomic E-state index is 13.1. The second kappa shape index (κ2) is 8.36. The van der Waals surface area contributed by atoms with Crippen LogP contribution in [0.2, 0.25) is 0 Å². The predicted octanol–water partition coefficient (Wildman–Crippen LogP) is 3.20. The molecule has 2 fully saturated rings. The minimum Gasteiger partial charge on any atom is -0.365 e. The summed E-state index contributed by atoms with van der Waals surface area (Å²) in [5.74, 6) is 2.53. The lowest BCUT2D eigenvalue weighted by atomic mass is 9.94. The second-order valence-corrected chi connectivity index (χ2v) is 10.8. The fourth-order valence-corrected chi connectivity index (χ4v) is 6.60. The molecule has 2 heterocycles. The van der Waals surface area contributed by atoms with Gasteiger partial charge < -0.3 is 4.90 Å². The summed E-state index contributed by atoms with van der Waals surface area (Å²) in [7, 11) is -3.73. The van der Waals surface area contributed by atoms with E-state index < -0.39 is 14.9 Å². The van der Waals surface area contributed by atoms with Crippen molar-refractivity contribution in [3.63, 3.8) is 0 Å². The normalized spacial score (nSPS) is 25.2. The summed E-state index contributed by atoms with van der Waals surface area (Å²) in [4.78, 5) is 13.2. The fraction of sp³-hybridized carbons (Fsp3) is 0.667. The molecule has 0 aromatic heterocycles. The Morgan fingerprint density at radius 2 is 1.85 bits per heavy atom. The summed E-state index contributed by atoms with van der Waals surface area (Å²) in [6.45, 7) is 6.50. The minimum absolute atomic E-state index is 0.0171. The molecule has 27 heavy (non-hydrogen) atoms. The molecule has 0 amide bonds. The predicted molar refractivity (Wildman–Crippen MR) is 109 cm³/mol. The van der Waals surface area contributed by atoms with E-state index in [0.717, 1.165) is 37.4 Å². The van der Waals surface area contributed by atoms with Crippen LogP contribution in [0.4, 0.5) is 11.4 Å². The van der Waals surface area contributed by atoms with Gasteiger partial charge in [-0.15, -0.1) is 0 Å². The van der Waals surface area contributed by atoms with Gasteiger partial charge in [0.05, 0.1) is 9.82 Å². The van der Waals surface area contributed by atoms with Crippen LogP contribution < -0.4 is 4.90 Å². The Balaban J connectivity index is 1.94. The maximum atomic E-state index is 13.1. The number of piperidine rings is 1. The summed E-state index contributed by atoms with van der Waals surface area (Å²) < 4.78 is 27.6. The first-order valence-corrected chi connectivity index (χ1v) is 12.0. The van der Waals surface area contributed by atoms with Gasteiger partial charge in [0.1, 0.15) is 5.69 Å². The summed E-state index contributed by atoms with van der Waals surface area (Å²) in [5, 5.41) is 11.7. The van der Waals surface area contributed by atoms with E-state index in [2.05, 4.69) is 0 Å². The van der Waals surface area contributed by atoms with Gasteiger partial charge in [0, 0.05) is 38.0 Å². The topological polar surface area (TPSA) is 83.8 Å². The van der Waals surface area contributed by atoms with Crippen molar-refractivity contribution in [2.45, 2.75) is 31.6 Å². The van der Waals surface area contributed by atoms with E-state index >= 15 is 0 Å². The first-order chi connectivity index (χ1) is 12.8. The number of hydrogen-bond donors (Lipinski definition) is 0. The van der Waals surface area contributed by atoms with E-state index in [1.807, 2.05) is 30.5 Å². The lowest BCUT2D eigenvalue weighted by Crippen LogP contribution is -2.42. The zero-order valence-corrected chi connectivity index (χ0v) is 17.5. The van der Waals surface area contributed by atoms with Crippen LogP contribution in [0.1, 0.15) is 26.7 Å². The Bertz CT molecular complexity index is 782. The molecule has 2 aliphatic rings. The molecule has 3 rings (SSSR count). The molecule has 9 heteroatoms. The molecule has 2 saturated heterocycles. The highest BCUT2D eigenvalue weighted by atomic mass is 32.2. The van der Waals surface area contributed by atoms with Gasteiger partial charge in [0.15, 0.2) is 0 Å². The summed E-state index contributed by atoms with van der Waals surface area (Å²) >= 11 is 1.84. The standard InChI is InChI=1S/C18H27N3O4S2/c1-14-10-15(2)13-20(12-14)27(24,25)16-4-5-17(18(11-16)21(22)23)19-6-3-8-26-9-7-19/h4-5,11,14-15H,3,6-10,12-13H2,1-2H3/t14-,15-/m1/s1. The smallest absolute Gasteiger partial charge is 0.293 e. The van der Waals surface area contributed by atoms with E-state index in [4.69, 9.17) is 0 Å². The zero-order valence-electron chi connectivity index (χ0n) is 15.8. The Kier molecular flexibility index (Phi) is 6.32. The Hall–Kier alpha value is -1.32. The van der Waals surface area contributed by atoms with E-state index in [-0.39, 0.29) is 22.4 Å². The highest BCUT2D eigenvalue weighted by Crippen LogP contribution is 2.34. The van der Waals surface area contributed by atoms with Gasteiger partial charge >= 0.3 is 0 Å². The van der Waals surface area contributed by atoms with Gasteiger partial charge in [0.25, 0.3) is 5.69 Å². The van der Waals surface area contributed by atoms with Crippen molar-refractivity contribution in [1.29, 1.82) is 0 Å². The SMILES string of the molecule is C[C@@H]1C[C@@H](C)CN(S(=O)(=O)c2ccc(N3CCCSCC3)c([N+](=O)[O-])c2)C1. The van der Waals surface area contributed by atoms with Gasteiger partial charge in [-0.1, -0.05) is 13.8 Å². The first kappa shape index (κ1) is 20.4. The molecule has 0 unspecified atom stereocenters. The van der Waals surface area contributed by atoms with Crippen molar-refractivity contribution >= 4 is 33.2 Å². The van der Waals surface area contributed by atoms with Crippen LogP contribution in [0, 0.1) is 22.0 Å². The third kappa shape index (κ3) is 4.57. The van der Waals surface area contributed by atoms with Crippen molar-refractivity contribution in [2.75, 3.05) is 42.6 Å². The number of thioether (sulfide) groups is 1. The summed E-state index contributed by atoms with van der Waals surface area (Å²) in [6, 6.07) is 4.38. The van der Waals surface area contributed by atoms with Crippen molar-refractivity contribution in [3.05, 3.63) is 28.3 Å². The van der Waals surface area contributed by atoms with E-state index in [1.165, 1.54) is 16.4 Å². The highest BCUT2D eigenvalue weighted by molar-refractivity contribution is 7.99. The average molecular weight is 414 g/mol. The second-order valence-electron chi connectivity index (χ2n) is 7.63. The Labute approximate surface area is 165 Å². The van der Waals surface area contributed by atoms with E-state index in [9.17, 15) is 18.5 Å². The van der Waals surface area contributed by atoms with E-state index in [0.29, 0.717) is 18.8 Å². The molecule has 0 saturated carbocycles. The number of anilines is 1. The minimum atomic E-state index is -3.73. The van der Waals surface area contributed by atoms with Crippen LogP contribution in [-0.2, 0) is 10.0 Å². The lowest BCUT2D eigenvalue weighted by Gasteiger charge is -2.34. The lowest BCUT2D eigenvalue weighted by molar-refractivity contribution is -0.384. The Morgan fingerprint density at radius 3 is 2.52 bits per heavy atom. The third-order valence-corrected chi connectivity index (χ3v) is 8.06. The molecular weight excluding hydrogens is 386 g/mol. The van der Waals surface area contributed by atoms with Gasteiger partial charge in [0.2, 0.25) is 10.0 Å². The molecule has 0 radical (unpaired) electrons. The molecule has 7 nitrogen and oxygen atoms in total. The van der Waals surface area contributed by atoms with Crippen LogP contribution in [0.5, 0.6) is 0 Å². The van der Waals surface area contributed by atoms with Crippen molar-refractivity contribution < 1.29 is 13.3 Å². The monoisotopic (exact) mass is 413 g/mol. The highest BCUT2D eigenvalue weighted by Gasteiger charge is 2.33. The molecule has 0 spiro atoms. The van der Waals surface area contributed by atoms with Gasteiger partial charge in [-0.25, -0.2) is 8.42 Å². The van der Waals surface area contributed by atoms with Gasteiger partial charge in [-0.2, -0.15) is 16.1 Å². The molecule has 150 valence electrons. The number of benzene rings is 1. The molecule has 0 aliphatic carbocycles. The fourth-order valence-electron chi connectivity index (χ4n) is 4.02. The van der Waals surface area contributed by atoms with Gasteiger partial charge in [-0.05, 0) is 42.6 Å².